The summed E-state index contributed by atoms with van der Waals surface area (Å²) in [7, 11) is 1.63. The van der Waals surface area contributed by atoms with Crippen molar-refractivity contribution in [2.75, 3.05) is 13.7 Å². The van der Waals surface area contributed by atoms with Crippen LogP contribution in [-0.4, -0.2) is 13.7 Å². The Morgan fingerprint density at radius 3 is 2.45 bits per heavy atom. The summed E-state index contributed by atoms with van der Waals surface area (Å²) in [4.78, 5) is 0. The molecule has 0 unspecified atom stereocenters. The smallest absolute Gasteiger partial charge is 0.161 e. The van der Waals surface area contributed by atoms with Gasteiger partial charge in [0.25, 0.3) is 0 Å². The van der Waals surface area contributed by atoms with Gasteiger partial charge >= 0.3 is 0 Å². The minimum atomic E-state index is 0.349. The lowest BCUT2D eigenvalue weighted by Gasteiger charge is -2.11. The molecule has 0 radical (unpaired) electrons. The van der Waals surface area contributed by atoms with Crippen LogP contribution in [0.15, 0.2) is 48.5 Å². The van der Waals surface area contributed by atoms with E-state index in [9.17, 15) is 0 Å². The van der Waals surface area contributed by atoms with Crippen LogP contribution in [0.4, 0.5) is 0 Å². The summed E-state index contributed by atoms with van der Waals surface area (Å²) < 4.78 is 11.1. The van der Waals surface area contributed by atoms with Gasteiger partial charge in [-0.3, -0.25) is 0 Å². The van der Waals surface area contributed by atoms with E-state index >= 15 is 0 Å². The van der Waals surface area contributed by atoms with E-state index in [1.165, 1.54) is 0 Å². The monoisotopic (exact) mass is 267 g/mol. The number of benzene rings is 2. The number of ether oxygens (including phenoxy) is 2. The van der Waals surface area contributed by atoms with E-state index in [-0.39, 0.29) is 0 Å². The molecule has 3 nitrogen and oxygen atoms in total. The molecule has 20 heavy (non-hydrogen) atoms. The molecule has 0 atom stereocenters. The quantitative estimate of drug-likeness (QED) is 0.866. The Morgan fingerprint density at radius 2 is 1.70 bits per heavy atom. The molecular weight excluding hydrogens is 250 g/mol. The minimum absolute atomic E-state index is 0.349. The highest BCUT2D eigenvalue weighted by molar-refractivity contribution is 5.43. The van der Waals surface area contributed by atoms with Crippen LogP contribution in [0.3, 0.4) is 0 Å². The van der Waals surface area contributed by atoms with Crippen molar-refractivity contribution in [1.82, 2.24) is 0 Å². The Balaban J connectivity index is 2.15. The molecule has 0 aliphatic heterocycles. The van der Waals surface area contributed by atoms with Gasteiger partial charge in [0.05, 0.1) is 13.7 Å². The highest BCUT2D eigenvalue weighted by Crippen LogP contribution is 2.26. The first-order valence-electron chi connectivity index (χ1n) is 6.38. The highest BCUT2D eigenvalue weighted by Gasteiger charge is 2.04. The molecule has 2 N–H and O–H groups in total. The summed E-state index contributed by atoms with van der Waals surface area (Å²) >= 11 is 0. The van der Waals surface area contributed by atoms with Crippen molar-refractivity contribution in [3.63, 3.8) is 0 Å². The topological polar surface area (TPSA) is 44.5 Å². The summed E-state index contributed by atoms with van der Waals surface area (Å²) in [6.07, 6.45) is 0. The predicted octanol–water partition coefficient (Wildman–Crippen LogP) is 2.58. The molecule has 2 rings (SSSR count). The second-order valence-electron chi connectivity index (χ2n) is 4.10. The number of methoxy groups -OCH3 is 1. The molecule has 0 saturated heterocycles. The summed E-state index contributed by atoms with van der Waals surface area (Å²) in [6.45, 7) is 0.789. The number of hydrogen-bond acceptors (Lipinski definition) is 3. The van der Waals surface area contributed by atoms with Gasteiger partial charge in [-0.1, -0.05) is 42.2 Å². The molecule has 0 saturated carbocycles. The van der Waals surface area contributed by atoms with E-state index in [4.69, 9.17) is 15.2 Å². The van der Waals surface area contributed by atoms with Crippen LogP contribution in [0.25, 0.3) is 0 Å². The number of nitrogens with two attached hydrogens (primary N) is 1. The van der Waals surface area contributed by atoms with Gasteiger partial charge in [-0.25, -0.2) is 0 Å². The molecule has 0 spiro atoms. The first kappa shape index (κ1) is 14.0. The number of para-hydroxylation sites is 2. The molecular formula is C17H17NO2. The zero-order chi connectivity index (χ0) is 14.2. The van der Waals surface area contributed by atoms with Gasteiger partial charge < -0.3 is 15.2 Å². The molecule has 0 fully saturated rings. The van der Waals surface area contributed by atoms with E-state index in [2.05, 4.69) is 11.8 Å². The van der Waals surface area contributed by atoms with Gasteiger partial charge in [0.2, 0.25) is 0 Å². The molecule has 0 amide bonds. The normalized spacial score (nSPS) is 9.50. The Morgan fingerprint density at radius 1 is 1.00 bits per heavy atom. The lowest BCUT2D eigenvalue weighted by Crippen LogP contribution is -2.00. The molecule has 0 bridgehead atoms. The molecule has 2 aromatic carbocycles. The SMILES string of the molecule is COc1ccccc1OCc1ccccc1C#CCN. The van der Waals surface area contributed by atoms with Crippen LogP contribution >= 0.6 is 0 Å². The summed E-state index contributed by atoms with van der Waals surface area (Å²) in [6, 6.07) is 15.5. The second-order valence-corrected chi connectivity index (χ2v) is 4.10. The maximum Gasteiger partial charge on any atom is 0.161 e. The van der Waals surface area contributed by atoms with Crippen LogP contribution in [0.5, 0.6) is 11.5 Å². The fourth-order valence-corrected chi connectivity index (χ4v) is 1.81. The zero-order valence-electron chi connectivity index (χ0n) is 11.4. The Bertz CT molecular complexity index is 626. The van der Waals surface area contributed by atoms with E-state index < -0.39 is 0 Å². The molecule has 0 aliphatic carbocycles. The van der Waals surface area contributed by atoms with Crippen molar-refractivity contribution in [2.45, 2.75) is 6.61 Å². The third-order valence-electron chi connectivity index (χ3n) is 2.79. The Kier molecular flexibility index (Phi) is 5.05. The maximum absolute atomic E-state index is 5.81. The van der Waals surface area contributed by atoms with E-state index in [0.29, 0.717) is 13.2 Å². The predicted molar refractivity (Wildman–Crippen MR) is 79.7 cm³/mol. The van der Waals surface area contributed by atoms with E-state index in [1.807, 2.05) is 48.5 Å². The lowest BCUT2D eigenvalue weighted by molar-refractivity contribution is 0.284. The summed E-state index contributed by atoms with van der Waals surface area (Å²) in [5, 5.41) is 0. The highest BCUT2D eigenvalue weighted by atomic mass is 16.5. The fraction of sp³-hybridized carbons (Fsp3) is 0.176. The standard InChI is InChI=1S/C17H17NO2/c1-19-16-10-4-5-11-17(16)20-13-15-8-3-2-7-14(15)9-6-12-18/h2-5,7-8,10-11H,12-13,18H2,1H3. The van der Waals surface area contributed by atoms with Crippen molar-refractivity contribution in [3.8, 4) is 23.3 Å². The first-order chi connectivity index (χ1) is 9.85. The van der Waals surface area contributed by atoms with E-state index in [1.54, 1.807) is 7.11 Å². The fourth-order valence-electron chi connectivity index (χ4n) is 1.81. The Labute approximate surface area is 119 Å². The van der Waals surface area contributed by atoms with Gasteiger partial charge in [0, 0.05) is 11.1 Å². The van der Waals surface area contributed by atoms with Crippen LogP contribution < -0.4 is 15.2 Å². The van der Waals surface area contributed by atoms with Crippen molar-refractivity contribution >= 4 is 0 Å². The first-order valence-corrected chi connectivity index (χ1v) is 6.38. The maximum atomic E-state index is 5.81. The van der Waals surface area contributed by atoms with E-state index in [0.717, 1.165) is 22.6 Å². The van der Waals surface area contributed by atoms with Gasteiger partial charge in [-0.2, -0.15) is 0 Å². The molecule has 102 valence electrons. The third kappa shape index (κ3) is 3.53. The van der Waals surface area contributed by atoms with Gasteiger partial charge in [-0.05, 0) is 18.2 Å². The largest absolute Gasteiger partial charge is 0.493 e. The minimum Gasteiger partial charge on any atom is -0.493 e. The van der Waals surface area contributed by atoms with Crippen molar-refractivity contribution in [2.24, 2.45) is 5.73 Å². The average Bonchev–Trinajstić information content (AvgIpc) is 2.52. The van der Waals surface area contributed by atoms with Crippen LogP contribution in [-0.2, 0) is 6.61 Å². The van der Waals surface area contributed by atoms with Crippen molar-refractivity contribution < 1.29 is 9.47 Å². The molecule has 2 aromatic rings. The zero-order valence-corrected chi connectivity index (χ0v) is 11.4. The summed E-state index contributed by atoms with van der Waals surface area (Å²) in [5.74, 6) is 7.35. The molecule has 0 aromatic heterocycles. The van der Waals surface area contributed by atoms with Crippen LogP contribution in [0.2, 0.25) is 0 Å². The second kappa shape index (κ2) is 7.22. The van der Waals surface area contributed by atoms with Gasteiger partial charge in [0.1, 0.15) is 6.61 Å². The molecule has 3 heteroatoms. The summed E-state index contributed by atoms with van der Waals surface area (Å²) in [5.41, 5.74) is 7.37. The Hall–Kier alpha value is -2.44. The number of hydrogen-bond donors (Lipinski definition) is 1. The van der Waals surface area contributed by atoms with Crippen molar-refractivity contribution in [1.29, 1.82) is 0 Å². The van der Waals surface area contributed by atoms with Gasteiger partial charge in [-0.15, -0.1) is 0 Å². The number of rotatable bonds is 4. The molecule has 0 heterocycles. The third-order valence-corrected chi connectivity index (χ3v) is 2.79. The molecule has 0 aliphatic rings. The van der Waals surface area contributed by atoms with Crippen LogP contribution in [0, 0.1) is 11.8 Å². The van der Waals surface area contributed by atoms with Crippen LogP contribution in [0.1, 0.15) is 11.1 Å². The van der Waals surface area contributed by atoms with Gasteiger partial charge in [0.15, 0.2) is 11.5 Å². The van der Waals surface area contributed by atoms with Crippen molar-refractivity contribution in [3.05, 3.63) is 59.7 Å². The lowest BCUT2D eigenvalue weighted by atomic mass is 10.1. The average molecular weight is 267 g/mol.